The molecule has 2 heterocycles. The zero-order valence-corrected chi connectivity index (χ0v) is 12.0. The molecule has 2 nitrogen and oxygen atoms in total. The van der Waals surface area contributed by atoms with Crippen molar-refractivity contribution >= 4 is 0 Å². The van der Waals surface area contributed by atoms with Crippen LogP contribution in [0, 0.1) is 11.8 Å². The van der Waals surface area contributed by atoms with Crippen molar-refractivity contribution in [3.05, 3.63) is 0 Å². The van der Waals surface area contributed by atoms with Crippen LogP contribution in [0.1, 0.15) is 52.4 Å². The molecule has 2 rings (SSSR count). The lowest BCUT2D eigenvalue weighted by atomic mass is 9.72. The number of likely N-dealkylation sites (tertiary alicyclic amines) is 1. The van der Waals surface area contributed by atoms with E-state index in [1.807, 2.05) is 0 Å². The van der Waals surface area contributed by atoms with Gasteiger partial charge in [0.15, 0.2) is 0 Å². The van der Waals surface area contributed by atoms with Gasteiger partial charge >= 0.3 is 0 Å². The first-order valence-corrected chi connectivity index (χ1v) is 7.56. The van der Waals surface area contributed by atoms with Crippen LogP contribution in [0.15, 0.2) is 0 Å². The van der Waals surface area contributed by atoms with Crippen LogP contribution in [0.5, 0.6) is 0 Å². The first-order chi connectivity index (χ1) is 8.12. The van der Waals surface area contributed by atoms with E-state index in [0.29, 0.717) is 5.54 Å². The van der Waals surface area contributed by atoms with Crippen molar-refractivity contribution in [1.82, 2.24) is 10.2 Å². The minimum atomic E-state index is 0.457. The first-order valence-electron chi connectivity index (χ1n) is 7.56. The van der Waals surface area contributed by atoms with E-state index < -0.39 is 0 Å². The molecule has 2 heteroatoms. The molecule has 1 N–H and O–H groups in total. The molecule has 0 radical (unpaired) electrons. The summed E-state index contributed by atoms with van der Waals surface area (Å²) in [6.07, 6.45) is 8.44. The summed E-state index contributed by atoms with van der Waals surface area (Å²) in [5, 5.41) is 3.88. The van der Waals surface area contributed by atoms with Gasteiger partial charge in [0.05, 0.1) is 0 Å². The van der Waals surface area contributed by atoms with Crippen molar-refractivity contribution in [2.75, 3.05) is 26.7 Å². The topological polar surface area (TPSA) is 15.3 Å². The van der Waals surface area contributed by atoms with Crippen molar-refractivity contribution in [3.63, 3.8) is 0 Å². The van der Waals surface area contributed by atoms with E-state index in [4.69, 9.17) is 0 Å². The zero-order valence-electron chi connectivity index (χ0n) is 12.0. The Balaban J connectivity index is 1.93. The fourth-order valence-corrected chi connectivity index (χ4v) is 3.68. The standard InChI is InChI=1S/C15H30N2/c1-13(2)15(8-4-5-9-16-15)12-14-6-10-17(3)11-7-14/h13-14,16H,4-12H2,1-3H3. The molecule has 2 saturated heterocycles. The molecule has 1 atom stereocenters. The fraction of sp³-hybridized carbons (Fsp3) is 1.00. The maximum absolute atomic E-state index is 3.88. The predicted molar refractivity (Wildman–Crippen MR) is 74.3 cm³/mol. The van der Waals surface area contributed by atoms with E-state index in [9.17, 15) is 0 Å². The molecule has 100 valence electrons. The molecule has 0 saturated carbocycles. The molecule has 0 aromatic carbocycles. The summed E-state index contributed by atoms with van der Waals surface area (Å²) in [5.74, 6) is 1.74. The van der Waals surface area contributed by atoms with E-state index in [1.165, 1.54) is 58.2 Å². The summed E-state index contributed by atoms with van der Waals surface area (Å²) in [4.78, 5) is 2.48. The monoisotopic (exact) mass is 238 g/mol. The number of hydrogen-bond acceptors (Lipinski definition) is 2. The maximum Gasteiger partial charge on any atom is 0.0207 e. The molecular weight excluding hydrogens is 208 g/mol. The molecule has 17 heavy (non-hydrogen) atoms. The number of piperidine rings is 2. The van der Waals surface area contributed by atoms with Crippen LogP contribution < -0.4 is 5.32 Å². The minimum absolute atomic E-state index is 0.457. The lowest BCUT2D eigenvalue weighted by Crippen LogP contribution is -2.54. The Morgan fingerprint density at radius 2 is 1.94 bits per heavy atom. The molecule has 2 aliphatic heterocycles. The van der Waals surface area contributed by atoms with Gasteiger partial charge in [0.1, 0.15) is 0 Å². The van der Waals surface area contributed by atoms with Crippen LogP contribution in [-0.2, 0) is 0 Å². The van der Waals surface area contributed by atoms with Crippen molar-refractivity contribution in [3.8, 4) is 0 Å². The highest BCUT2D eigenvalue weighted by atomic mass is 15.1. The number of nitrogens with one attached hydrogen (secondary N) is 1. The van der Waals surface area contributed by atoms with E-state index in [-0.39, 0.29) is 0 Å². The van der Waals surface area contributed by atoms with Gasteiger partial charge in [-0.1, -0.05) is 20.3 Å². The molecule has 0 spiro atoms. The Morgan fingerprint density at radius 3 is 2.47 bits per heavy atom. The normalized spacial score (nSPS) is 33.2. The van der Waals surface area contributed by atoms with E-state index in [0.717, 1.165) is 11.8 Å². The van der Waals surface area contributed by atoms with Crippen molar-refractivity contribution in [2.24, 2.45) is 11.8 Å². The quantitative estimate of drug-likeness (QED) is 0.813. The van der Waals surface area contributed by atoms with Crippen LogP contribution >= 0.6 is 0 Å². The Morgan fingerprint density at radius 1 is 1.24 bits per heavy atom. The molecule has 0 aromatic heterocycles. The molecule has 1 unspecified atom stereocenters. The molecular formula is C15H30N2. The summed E-state index contributed by atoms with van der Waals surface area (Å²) in [6, 6.07) is 0. The van der Waals surface area contributed by atoms with E-state index in [1.54, 1.807) is 0 Å². The average molecular weight is 238 g/mol. The van der Waals surface area contributed by atoms with Crippen LogP contribution in [0.2, 0.25) is 0 Å². The van der Waals surface area contributed by atoms with Crippen LogP contribution in [0.3, 0.4) is 0 Å². The molecule has 2 fully saturated rings. The highest BCUT2D eigenvalue weighted by molar-refractivity contribution is 4.95. The van der Waals surface area contributed by atoms with Gasteiger partial charge in [-0.3, -0.25) is 0 Å². The van der Waals surface area contributed by atoms with E-state index >= 15 is 0 Å². The maximum atomic E-state index is 3.88. The van der Waals surface area contributed by atoms with Crippen LogP contribution in [-0.4, -0.2) is 37.1 Å². The second kappa shape index (κ2) is 5.71. The summed E-state index contributed by atoms with van der Waals surface area (Å²) in [5.41, 5.74) is 0.457. The Hall–Kier alpha value is -0.0800. The highest BCUT2D eigenvalue weighted by Crippen LogP contribution is 2.36. The second-order valence-electron chi connectivity index (χ2n) is 6.65. The smallest absolute Gasteiger partial charge is 0.0207 e. The number of rotatable bonds is 3. The van der Waals surface area contributed by atoms with Crippen LogP contribution in [0.25, 0.3) is 0 Å². The number of hydrogen-bond donors (Lipinski definition) is 1. The third-order valence-electron chi connectivity index (χ3n) is 5.12. The van der Waals surface area contributed by atoms with Gasteiger partial charge in [-0.2, -0.15) is 0 Å². The van der Waals surface area contributed by atoms with Crippen LogP contribution in [0.4, 0.5) is 0 Å². The van der Waals surface area contributed by atoms with Crippen molar-refractivity contribution < 1.29 is 0 Å². The van der Waals surface area contributed by atoms with E-state index in [2.05, 4.69) is 31.1 Å². The van der Waals surface area contributed by atoms with Gasteiger partial charge in [0.2, 0.25) is 0 Å². The Bertz CT molecular complexity index is 223. The third kappa shape index (κ3) is 3.23. The first kappa shape index (κ1) is 13.4. The van der Waals surface area contributed by atoms with Gasteiger partial charge < -0.3 is 10.2 Å². The highest BCUT2D eigenvalue weighted by Gasteiger charge is 2.37. The zero-order chi connectivity index (χ0) is 12.3. The Labute approximate surface area is 107 Å². The molecule has 0 bridgehead atoms. The van der Waals surface area contributed by atoms with Crippen molar-refractivity contribution in [1.29, 1.82) is 0 Å². The third-order valence-corrected chi connectivity index (χ3v) is 5.12. The SMILES string of the molecule is CC(C)C1(CC2CCN(C)CC2)CCCCN1. The van der Waals surface area contributed by atoms with Gasteiger partial charge in [0.25, 0.3) is 0 Å². The largest absolute Gasteiger partial charge is 0.311 e. The lowest BCUT2D eigenvalue weighted by Gasteiger charge is -2.45. The molecule has 0 aromatic rings. The molecule has 2 aliphatic rings. The van der Waals surface area contributed by atoms with Gasteiger partial charge in [-0.05, 0) is 70.6 Å². The molecule has 0 amide bonds. The summed E-state index contributed by atoms with van der Waals surface area (Å²) in [7, 11) is 2.26. The summed E-state index contributed by atoms with van der Waals surface area (Å²) >= 11 is 0. The van der Waals surface area contributed by atoms with Crippen molar-refractivity contribution in [2.45, 2.75) is 57.9 Å². The van der Waals surface area contributed by atoms with Gasteiger partial charge in [0, 0.05) is 5.54 Å². The summed E-state index contributed by atoms with van der Waals surface area (Å²) in [6.45, 7) is 8.67. The summed E-state index contributed by atoms with van der Waals surface area (Å²) < 4.78 is 0. The minimum Gasteiger partial charge on any atom is -0.311 e. The Kier molecular flexibility index (Phi) is 4.48. The molecule has 0 aliphatic carbocycles. The second-order valence-corrected chi connectivity index (χ2v) is 6.65. The fourth-order valence-electron chi connectivity index (χ4n) is 3.68. The predicted octanol–water partition coefficient (Wildman–Crippen LogP) is 2.89. The number of nitrogens with zero attached hydrogens (tertiary/aromatic N) is 1. The van der Waals surface area contributed by atoms with Gasteiger partial charge in [-0.25, -0.2) is 0 Å². The lowest BCUT2D eigenvalue weighted by molar-refractivity contribution is 0.113. The average Bonchev–Trinajstić information content (AvgIpc) is 2.33. The van der Waals surface area contributed by atoms with Gasteiger partial charge in [-0.15, -0.1) is 0 Å².